The average Bonchev–Trinajstić information content (AvgIpc) is 3.52. The Hall–Kier alpha value is -6.26. The molecule has 0 amide bonds. The molecule has 0 N–H and O–H groups in total. The second-order valence-corrected chi connectivity index (χ2v) is 13.1. The number of benzene rings is 7. The van der Waals surface area contributed by atoms with Crippen LogP contribution in [0.15, 0.2) is 146 Å². The van der Waals surface area contributed by atoms with E-state index in [1.807, 2.05) is 18.2 Å². The largest absolute Gasteiger partial charge is 0.453 e. The molecule has 0 unspecified atom stereocenters. The molecule has 8 aromatic rings. The van der Waals surface area contributed by atoms with E-state index in [9.17, 15) is 0 Å². The lowest BCUT2D eigenvalue weighted by molar-refractivity contribution is 0.444. The maximum Gasteiger partial charge on any atom is 0.176 e. The molecular weight excluding hydrogens is 613 g/mol. The number of rotatable bonds is 7. The van der Waals surface area contributed by atoms with Gasteiger partial charge in [-0.05, 0) is 101 Å². The van der Waals surface area contributed by atoms with Crippen LogP contribution < -0.4 is 14.4 Å². The number of hydrogen-bond acceptors (Lipinski definition) is 3. The number of aryl methyl sites for hydroxylation is 2. The SMILES string of the molecule is CCc1ccccc1-c1cc(N(c2ccc(-c3ccccc3)cc2)c2ccc3c4cccc5c4n4c3c2Oc2cccc(c2-4)O5)ccc1CC. The maximum atomic E-state index is 6.99. The molecule has 4 heteroatoms. The van der Waals surface area contributed by atoms with Crippen LogP contribution in [0, 0.1) is 0 Å². The lowest BCUT2D eigenvalue weighted by atomic mass is 9.92. The van der Waals surface area contributed by atoms with Gasteiger partial charge in [0, 0.05) is 22.1 Å². The van der Waals surface area contributed by atoms with Crippen LogP contribution >= 0.6 is 0 Å². The minimum atomic E-state index is 0.786. The van der Waals surface area contributed by atoms with Crippen molar-refractivity contribution in [3.8, 4) is 50.9 Å². The van der Waals surface area contributed by atoms with Crippen LogP contribution in [-0.2, 0) is 12.8 Å². The van der Waals surface area contributed by atoms with E-state index in [0.717, 1.165) is 80.4 Å². The lowest BCUT2D eigenvalue weighted by Crippen LogP contribution is -2.15. The Balaban J connectivity index is 1.25. The molecule has 4 nitrogen and oxygen atoms in total. The van der Waals surface area contributed by atoms with Gasteiger partial charge in [-0.3, -0.25) is 4.57 Å². The van der Waals surface area contributed by atoms with Crippen LogP contribution in [0.2, 0.25) is 0 Å². The second-order valence-electron chi connectivity index (χ2n) is 13.1. The van der Waals surface area contributed by atoms with Crippen molar-refractivity contribution in [2.75, 3.05) is 4.90 Å². The summed E-state index contributed by atoms with van der Waals surface area (Å²) in [6.45, 7) is 4.48. The van der Waals surface area contributed by atoms with Crippen LogP contribution in [0.3, 0.4) is 0 Å². The van der Waals surface area contributed by atoms with Crippen LogP contribution in [-0.4, -0.2) is 4.57 Å². The third kappa shape index (κ3) is 4.18. The van der Waals surface area contributed by atoms with E-state index in [4.69, 9.17) is 9.47 Å². The normalized spacial score (nSPS) is 12.3. The van der Waals surface area contributed by atoms with E-state index in [0.29, 0.717) is 0 Å². The van der Waals surface area contributed by atoms with Crippen LogP contribution in [0.5, 0.6) is 23.0 Å². The van der Waals surface area contributed by atoms with E-state index >= 15 is 0 Å². The van der Waals surface area contributed by atoms with E-state index in [1.54, 1.807) is 0 Å². The minimum absolute atomic E-state index is 0.786. The molecule has 0 bridgehead atoms. The van der Waals surface area contributed by atoms with E-state index in [2.05, 4.69) is 151 Å². The zero-order valence-electron chi connectivity index (χ0n) is 28.0. The summed E-state index contributed by atoms with van der Waals surface area (Å²) in [4.78, 5) is 2.36. The molecule has 2 aliphatic rings. The Morgan fingerprint density at radius 1 is 0.500 bits per heavy atom. The van der Waals surface area contributed by atoms with Gasteiger partial charge in [-0.15, -0.1) is 0 Å². The fourth-order valence-electron chi connectivity index (χ4n) is 8.00. The van der Waals surface area contributed by atoms with Crippen molar-refractivity contribution in [2.45, 2.75) is 26.7 Å². The van der Waals surface area contributed by atoms with Crippen molar-refractivity contribution in [3.63, 3.8) is 0 Å². The first kappa shape index (κ1) is 28.7. The van der Waals surface area contributed by atoms with Gasteiger partial charge < -0.3 is 14.4 Å². The minimum Gasteiger partial charge on any atom is -0.453 e. The molecule has 3 heterocycles. The summed E-state index contributed by atoms with van der Waals surface area (Å²) in [6, 6.07) is 52.1. The summed E-state index contributed by atoms with van der Waals surface area (Å²) >= 11 is 0. The topological polar surface area (TPSA) is 26.6 Å². The molecule has 10 rings (SSSR count). The smallest absolute Gasteiger partial charge is 0.176 e. The van der Waals surface area contributed by atoms with Crippen LogP contribution in [0.1, 0.15) is 25.0 Å². The molecule has 0 saturated carbocycles. The molecular formula is C46H34N2O2. The second kappa shape index (κ2) is 11.1. The Morgan fingerprint density at radius 2 is 1.16 bits per heavy atom. The third-order valence-electron chi connectivity index (χ3n) is 10.4. The first-order chi connectivity index (χ1) is 24.7. The molecule has 0 radical (unpaired) electrons. The Kier molecular flexibility index (Phi) is 6.40. The molecule has 7 aromatic carbocycles. The summed E-state index contributed by atoms with van der Waals surface area (Å²) in [6.07, 6.45) is 1.92. The van der Waals surface area contributed by atoms with Crippen LogP contribution in [0.4, 0.5) is 17.1 Å². The quantitative estimate of drug-likeness (QED) is 0.172. The lowest BCUT2D eigenvalue weighted by Gasteiger charge is -2.32. The summed E-state index contributed by atoms with van der Waals surface area (Å²) in [7, 11) is 0. The molecule has 0 fully saturated rings. The molecule has 50 heavy (non-hydrogen) atoms. The average molecular weight is 647 g/mol. The third-order valence-corrected chi connectivity index (χ3v) is 10.4. The zero-order chi connectivity index (χ0) is 33.3. The van der Waals surface area contributed by atoms with Crippen molar-refractivity contribution in [1.82, 2.24) is 4.57 Å². The van der Waals surface area contributed by atoms with Gasteiger partial charge in [-0.25, -0.2) is 0 Å². The first-order valence-electron chi connectivity index (χ1n) is 17.5. The van der Waals surface area contributed by atoms with Crippen molar-refractivity contribution in [1.29, 1.82) is 0 Å². The number of fused-ring (bicyclic) bond motifs is 1. The predicted molar refractivity (Wildman–Crippen MR) is 205 cm³/mol. The molecule has 0 atom stereocenters. The summed E-state index contributed by atoms with van der Waals surface area (Å²) in [5.74, 6) is 3.28. The van der Waals surface area contributed by atoms with Crippen molar-refractivity contribution in [3.05, 3.63) is 157 Å². The fraction of sp³-hybridized carbons (Fsp3) is 0.0870. The Morgan fingerprint density at radius 3 is 1.98 bits per heavy atom. The van der Waals surface area contributed by atoms with Gasteiger partial charge in [0.05, 0.1) is 16.7 Å². The summed E-state index contributed by atoms with van der Waals surface area (Å²) in [5, 5.41) is 2.30. The number of hydrogen-bond donors (Lipinski definition) is 0. The maximum absolute atomic E-state index is 6.99. The Labute approximate surface area is 291 Å². The van der Waals surface area contributed by atoms with E-state index < -0.39 is 0 Å². The molecule has 0 aliphatic carbocycles. The molecule has 2 aliphatic heterocycles. The summed E-state index contributed by atoms with van der Waals surface area (Å²) < 4.78 is 15.8. The monoisotopic (exact) mass is 646 g/mol. The standard InChI is InChI=1S/C46H34N2O2/c1-3-29-12-8-9-15-35(29)38-28-34(25-20-30(38)4-2)47(33-23-21-32(22-24-33)31-13-6-5-7-14-31)39-27-26-37-36-16-10-17-40-43(36)48-44(37)46(39)50-42-19-11-18-41(49-40)45(42)48/h5-28H,3-4H2,1-2H3. The molecule has 0 spiro atoms. The van der Waals surface area contributed by atoms with Gasteiger partial charge in [-0.1, -0.05) is 105 Å². The predicted octanol–water partition coefficient (Wildman–Crippen LogP) is 12.9. The highest BCUT2D eigenvalue weighted by molar-refractivity contribution is 6.16. The number of ether oxygens (including phenoxy) is 2. The van der Waals surface area contributed by atoms with E-state index in [1.165, 1.54) is 33.4 Å². The summed E-state index contributed by atoms with van der Waals surface area (Å²) in [5.41, 5.74) is 13.8. The van der Waals surface area contributed by atoms with Gasteiger partial charge in [-0.2, -0.15) is 0 Å². The Bertz CT molecular complexity index is 2620. The van der Waals surface area contributed by atoms with Crippen molar-refractivity contribution in [2.24, 2.45) is 0 Å². The highest BCUT2D eigenvalue weighted by atomic mass is 16.5. The van der Waals surface area contributed by atoms with Crippen molar-refractivity contribution < 1.29 is 9.47 Å². The fourth-order valence-corrected chi connectivity index (χ4v) is 8.00. The molecule has 0 saturated heterocycles. The number of aromatic nitrogens is 1. The highest BCUT2D eigenvalue weighted by Gasteiger charge is 2.34. The van der Waals surface area contributed by atoms with Gasteiger partial charge >= 0.3 is 0 Å². The van der Waals surface area contributed by atoms with Gasteiger partial charge in [0.25, 0.3) is 0 Å². The van der Waals surface area contributed by atoms with Gasteiger partial charge in [0.2, 0.25) is 0 Å². The highest BCUT2D eigenvalue weighted by Crippen LogP contribution is 2.57. The number of nitrogens with zero attached hydrogens (tertiary/aromatic N) is 2. The van der Waals surface area contributed by atoms with Crippen molar-refractivity contribution >= 4 is 38.9 Å². The molecule has 1 aromatic heterocycles. The zero-order valence-corrected chi connectivity index (χ0v) is 28.0. The number of anilines is 3. The van der Waals surface area contributed by atoms with E-state index in [-0.39, 0.29) is 0 Å². The van der Waals surface area contributed by atoms with Gasteiger partial charge in [0.1, 0.15) is 5.69 Å². The molecule has 240 valence electrons. The van der Waals surface area contributed by atoms with Crippen LogP contribution in [0.25, 0.3) is 49.7 Å². The van der Waals surface area contributed by atoms with Gasteiger partial charge in [0.15, 0.2) is 23.0 Å². The first-order valence-corrected chi connectivity index (χ1v) is 17.5. The number of para-hydroxylation sites is 2.